The van der Waals surface area contributed by atoms with Gasteiger partial charge in [-0.3, -0.25) is 0 Å². The van der Waals surface area contributed by atoms with Crippen molar-refractivity contribution >= 4 is 11.8 Å². The van der Waals surface area contributed by atoms with Crippen LogP contribution in [0, 0.1) is 0 Å². The zero-order chi connectivity index (χ0) is 11.5. The molecule has 1 aromatic carbocycles. The number of hydrogen-bond acceptors (Lipinski definition) is 2. The molecule has 0 saturated carbocycles. The molecular formula is C14H19NS. The summed E-state index contributed by atoms with van der Waals surface area (Å²) in [7, 11) is 0. The highest BCUT2D eigenvalue weighted by molar-refractivity contribution is 8.00. The van der Waals surface area contributed by atoms with Crippen LogP contribution in [0.5, 0.6) is 0 Å². The molecule has 2 rings (SSSR count). The Morgan fingerprint density at radius 3 is 3.00 bits per heavy atom. The van der Waals surface area contributed by atoms with Crippen molar-refractivity contribution < 1.29 is 0 Å². The Bertz CT molecular complexity index is 361. The Morgan fingerprint density at radius 1 is 1.56 bits per heavy atom. The lowest BCUT2D eigenvalue weighted by atomic mass is 10.0. The zero-order valence-electron chi connectivity index (χ0n) is 9.78. The summed E-state index contributed by atoms with van der Waals surface area (Å²) in [5.41, 5.74) is 8.94. The number of nitrogens with two attached hydrogens (primary N) is 1. The van der Waals surface area contributed by atoms with E-state index in [9.17, 15) is 0 Å². The standard InChI is InChI=1S/C14H19NS/c1-10(2)7-8-12(15)14-9-11-5-3-4-6-13(11)16-14/h3-6,12,14H,1,7-9,15H2,2H3. The van der Waals surface area contributed by atoms with E-state index in [4.69, 9.17) is 5.73 Å². The van der Waals surface area contributed by atoms with Crippen molar-refractivity contribution in [3.8, 4) is 0 Å². The van der Waals surface area contributed by atoms with Crippen LogP contribution >= 0.6 is 11.8 Å². The molecule has 1 aliphatic heterocycles. The van der Waals surface area contributed by atoms with E-state index in [1.54, 1.807) is 0 Å². The van der Waals surface area contributed by atoms with Gasteiger partial charge in [-0.15, -0.1) is 18.3 Å². The summed E-state index contributed by atoms with van der Waals surface area (Å²) in [6.45, 7) is 6.00. The van der Waals surface area contributed by atoms with Crippen LogP contribution in [-0.4, -0.2) is 11.3 Å². The molecule has 0 saturated heterocycles. The van der Waals surface area contributed by atoms with E-state index in [0.717, 1.165) is 19.3 Å². The molecule has 0 aliphatic carbocycles. The lowest BCUT2D eigenvalue weighted by Gasteiger charge is -2.17. The molecule has 0 spiro atoms. The third-order valence-electron chi connectivity index (χ3n) is 3.05. The molecular weight excluding hydrogens is 214 g/mol. The highest BCUT2D eigenvalue weighted by Crippen LogP contribution is 2.38. The minimum atomic E-state index is 0.286. The quantitative estimate of drug-likeness (QED) is 0.807. The van der Waals surface area contributed by atoms with Crippen LogP contribution in [-0.2, 0) is 6.42 Å². The first kappa shape index (κ1) is 11.7. The van der Waals surface area contributed by atoms with E-state index in [-0.39, 0.29) is 6.04 Å². The number of thioether (sulfide) groups is 1. The Kier molecular flexibility index (Phi) is 3.72. The lowest BCUT2D eigenvalue weighted by Crippen LogP contribution is -2.32. The first-order chi connectivity index (χ1) is 7.66. The minimum absolute atomic E-state index is 0.286. The number of rotatable bonds is 4. The smallest absolute Gasteiger partial charge is 0.0287 e. The topological polar surface area (TPSA) is 26.0 Å². The Labute approximate surface area is 102 Å². The molecule has 86 valence electrons. The third kappa shape index (κ3) is 2.69. The van der Waals surface area contributed by atoms with Crippen molar-refractivity contribution in [3.05, 3.63) is 42.0 Å². The molecule has 16 heavy (non-hydrogen) atoms. The molecule has 2 N–H and O–H groups in total. The van der Waals surface area contributed by atoms with Crippen molar-refractivity contribution in [1.82, 2.24) is 0 Å². The van der Waals surface area contributed by atoms with E-state index < -0.39 is 0 Å². The first-order valence-electron chi connectivity index (χ1n) is 5.81. The Balaban J connectivity index is 1.93. The average molecular weight is 233 g/mol. The van der Waals surface area contributed by atoms with Gasteiger partial charge in [0.05, 0.1) is 0 Å². The fourth-order valence-electron chi connectivity index (χ4n) is 2.05. The van der Waals surface area contributed by atoms with Crippen LogP contribution in [0.3, 0.4) is 0 Å². The van der Waals surface area contributed by atoms with Gasteiger partial charge < -0.3 is 5.73 Å². The van der Waals surface area contributed by atoms with Gasteiger partial charge in [0, 0.05) is 16.2 Å². The maximum absolute atomic E-state index is 6.24. The predicted octanol–water partition coefficient (Wildman–Crippen LogP) is 3.39. The van der Waals surface area contributed by atoms with E-state index in [0.29, 0.717) is 5.25 Å². The average Bonchev–Trinajstić information content (AvgIpc) is 2.69. The van der Waals surface area contributed by atoms with Crippen molar-refractivity contribution in [2.45, 2.75) is 42.4 Å². The third-order valence-corrected chi connectivity index (χ3v) is 4.53. The summed E-state index contributed by atoms with van der Waals surface area (Å²) in [4.78, 5) is 1.42. The van der Waals surface area contributed by atoms with Gasteiger partial charge in [-0.05, 0) is 37.8 Å². The van der Waals surface area contributed by atoms with Crippen LogP contribution in [0.25, 0.3) is 0 Å². The van der Waals surface area contributed by atoms with E-state index in [2.05, 4.69) is 37.8 Å². The van der Waals surface area contributed by atoms with E-state index in [1.165, 1.54) is 16.0 Å². The SMILES string of the molecule is C=C(C)CCC(N)C1Cc2ccccc2S1. The van der Waals surface area contributed by atoms with Gasteiger partial charge in [0.1, 0.15) is 0 Å². The number of allylic oxidation sites excluding steroid dienone is 1. The van der Waals surface area contributed by atoms with Gasteiger partial charge in [0.15, 0.2) is 0 Å². The molecule has 1 aromatic rings. The molecule has 0 aromatic heterocycles. The fraction of sp³-hybridized carbons (Fsp3) is 0.429. The molecule has 2 heteroatoms. The molecule has 1 aliphatic rings. The van der Waals surface area contributed by atoms with Crippen LogP contribution in [0.1, 0.15) is 25.3 Å². The summed E-state index contributed by atoms with van der Waals surface area (Å²) in [5.74, 6) is 0. The van der Waals surface area contributed by atoms with Crippen molar-refractivity contribution in [2.24, 2.45) is 5.73 Å². The lowest BCUT2D eigenvalue weighted by molar-refractivity contribution is 0.586. The Morgan fingerprint density at radius 2 is 2.31 bits per heavy atom. The second kappa shape index (κ2) is 5.07. The Hall–Kier alpha value is -0.730. The fourth-order valence-corrected chi connectivity index (χ4v) is 3.41. The van der Waals surface area contributed by atoms with Crippen LogP contribution in [0.2, 0.25) is 0 Å². The number of benzene rings is 1. The first-order valence-corrected chi connectivity index (χ1v) is 6.69. The van der Waals surface area contributed by atoms with Gasteiger partial charge in [-0.2, -0.15) is 0 Å². The largest absolute Gasteiger partial charge is 0.327 e. The summed E-state index contributed by atoms with van der Waals surface area (Å²) in [6.07, 6.45) is 3.23. The van der Waals surface area contributed by atoms with Gasteiger partial charge in [0.25, 0.3) is 0 Å². The summed E-state index contributed by atoms with van der Waals surface area (Å²) >= 11 is 1.94. The highest BCUT2D eigenvalue weighted by Gasteiger charge is 2.26. The van der Waals surface area contributed by atoms with E-state index >= 15 is 0 Å². The molecule has 0 amide bonds. The molecule has 0 fully saturated rings. The molecule has 0 radical (unpaired) electrons. The summed E-state index contributed by atoms with van der Waals surface area (Å²) in [5, 5.41) is 0.553. The van der Waals surface area contributed by atoms with Crippen molar-refractivity contribution in [3.63, 3.8) is 0 Å². The minimum Gasteiger partial charge on any atom is -0.327 e. The van der Waals surface area contributed by atoms with Crippen LogP contribution in [0.15, 0.2) is 41.3 Å². The number of hydrogen-bond donors (Lipinski definition) is 1. The molecule has 2 atom stereocenters. The van der Waals surface area contributed by atoms with E-state index in [1.807, 2.05) is 11.8 Å². The predicted molar refractivity (Wildman–Crippen MR) is 71.8 cm³/mol. The van der Waals surface area contributed by atoms with Crippen LogP contribution < -0.4 is 5.73 Å². The van der Waals surface area contributed by atoms with Gasteiger partial charge in [0.2, 0.25) is 0 Å². The summed E-state index contributed by atoms with van der Waals surface area (Å²) < 4.78 is 0. The monoisotopic (exact) mass is 233 g/mol. The molecule has 2 unspecified atom stereocenters. The maximum atomic E-state index is 6.24. The van der Waals surface area contributed by atoms with Gasteiger partial charge in [-0.25, -0.2) is 0 Å². The molecule has 1 heterocycles. The van der Waals surface area contributed by atoms with Crippen molar-refractivity contribution in [1.29, 1.82) is 0 Å². The zero-order valence-corrected chi connectivity index (χ0v) is 10.6. The normalized spacial score (nSPS) is 20.5. The molecule has 1 nitrogen and oxygen atoms in total. The molecule has 0 bridgehead atoms. The summed E-state index contributed by atoms with van der Waals surface area (Å²) in [6, 6.07) is 8.92. The number of fused-ring (bicyclic) bond motifs is 1. The van der Waals surface area contributed by atoms with Crippen LogP contribution in [0.4, 0.5) is 0 Å². The maximum Gasteiger partial charge on any atom is 0.0287 e. The van der Waals surface area contributed by atoms with Gasteiger partial charge in [-0.1, -0.05) is 23.8 Å². The second-order valence-corrected chi connectivity index (χ2v) is 5.91. The van der Waals surface area contributed by atoms with Crippen molar-refractivity contribution in [2.75, 3.05) is 0 Å². The van der Waals surface area contributed by atoms with Gasteiger partial charge >= 0.3 is 0 Å². The second-order valence-electron chi connectivity index (χ2n) is 4.63. The highest BCUT2D eigenvalue weighted by atomic mass is 32.2.